The van der Waals surface area contributed by atoms with Crippen LogP contribution in [0.5, 0.6) is 11.5 Å². The van der Waals surface area contributed by atoms with Gasteiger partial charge in [0.15, 0.2) is 11.6 Å². The van der Waals surface area contributed by atoms with Gasteiger partial charge in [-0.2, -0.15) is 18.3 Å². The van der Waals surface area contributed by atoms with Gasteiger partial charge in [0.05, 0.1) is 27.2 Å². The van der Waals surface area contributed by atoms with Crippen LogP contribution in [0.3, 0.4) is 0 Å². The highest BCUT2D eigenvalue weighted by molar-refractivity contribution is 6.32. The summed E-state index contributed by atoms with van der Waals surface area (Å²) in [6, 6.07) is 6.73. The standard InChI is InChI=1S/C26H21ClF5N5O2/c27-18-5-4-15(28)10-20(18)39-23-19(35-25(38)12-6-14(26(30,31)32)9-16(29)7-12)8-13(11-34-17-2-1-3-17)22-21(23)24(33)37-36-22/h4-10,17,34H,1-3,11H2,(H,35,38)(H3,33,36,37). The lowest BCUT2D eigenvalue weighted by atomic mass is 9.93. The average Bonchev–Trinajstić information content (AvgIpc) is 3.23. The molecule has 1 aliphatic carbocycles. The van der Waals surface area contributed by atoms with Gasteiger partial charge >= 0.3 is 6.18 Å². The molecule has 1 aromatic heterocycles. The monoisotopic (exact) mass is 565 g/mol. The van der Waals surface area contributed by atoms with Crippen LogP contribution in [0, 0.1) is 11.6 Å². The van der Waals surface area contributed by atoms with Gasteiger partial charge in [0.1, 0.15) is 17.4 Å². The number of carbonyl (C=O) groups is 1. The third-order valence-corrected chi connectivity index (χ3v) is 6.75. The number of rotatable bonds is 7. The fourth-order valence-corrected chi connectivity index (χ4v) is 4.37. The van der Waals surface area contributed by atoms with Crippen LogP contribution >= 0.6 is 11.6 Å². The second kappa shape index (κ2) is 10.3. The van der Waals surface area contributed by atoms with Crippen molar-refractivity contribution >= 4 is 39.9 Å². The number of aromatic amines is 1. The third kappa shape index (κ3) is 5.62. The molecular formula is C26H21ClF5N5O2. The maximum atomic E-state index is 14.0. The van der Waals surface area contributed by atoms with Gasteiger partial charge in [0.2, 0.25) is 0 Å². The molecule has 1 aliphatic rings. The van der Waals surface area contributed by atoms with Crippen molar-refractivity contribution in [3.8, 4) is 11.5 Å². The molecule has 5 rings (SSSR count). The van der Waals surface area contributed by atoms with Gasteiger partial charge in [-0.3, -0.25) is 9.89 Å². The number of aromatic nitrogens is 2. The SMILES string of the molecule is Nc1n[nH]c2c(CNC3CCC3)cc(NC(=O)c3cc(F)cc(C(F)(F)F)c3)c(Oc3cc(F)ccc3Cl)c12. The van der Waals surface area contributed by atoms with Crippen LogP contribution in [0.2, 0.25) is 5.02 Å². The summed E-state index contributed by atoms with van der Waals surface area (Å²) in [5, 5.41) is 13.0. The molecule has 204 valence electrons. The van der Waals surface area contributed by atoms with Crippen molar-refractivity contribution in [1.82, 2.24) is 15.5 Å². The molecule has 39 heavy (non-hydrogen) atoms. The number of H-pyrrole nitrogens is 1. The number of halogens is 6. The first-order valence-electron chi connectivity index (χ1n) is 11.8. The minimum absolute atomic E-state index is 0.0152. The predicted molar refractivity (Wildman–Crippen MR) is 136 cm³/mol. The topological polar surface area (TPSA) is 105 Å². The van der Waals surface area contributed by atoms with E-state index in [0.717, 1.165) is 31.4 Å². The van der Waals surface area contributed by atoms with Crippen molar-refractivity contribution in [2.45, 2.75) is 38.0 Å². The number of amides is 1. The molecule has 0 spiro atoms. The Hall–Kier alpha value is -3.90. The van der Waals surface area contributed by atoms with Crippen molar-refractivity contribution in [3.05, 3.63) is 75.8 Å². The van der Waals surface area contributed by atoms with E-state index in [4.69, 9.17) is 22.1 Å². The van der Waals surface area contributed by atoms with E-state index in [-0.39, 0.29) is 33.4 Å². The number of hydrogen-bond acceptors (Lipinski definition) is 5. The van der Waals surface area contributed by atoms with E-state index in [9.17, 15) is 26.7 Å². The molecule has 0 bridgehead atoms. The minimum atomic E-state index is -4.87. The summed E-state index contributed by atoms with van der Waals surface area (Å²) >= 11 is 6.19. The maximum Gasteiger partial charge on any atom is 0.416 e. The van der Waals surface area contributed by atoms with Crippen molar-refractivity contribution in [2.24, 2.45) is 0 Å². The Morgan fingerprint density at radius 3 is 2.59 bits per heavy atom. The summed E-state index contributed by atoms with van der Waals surface area (Å²) in [6.45, 7) is 0.338. The van der Waals surface area contributed by atoms with E-state index < -0.39 is 34.8 Å². The number of anilines is 2. The summed E-state index contributed by atoms with van der Waals surface area (Å²) < 4.78 is 73.6. The first-order valence-corrected chi connectivity index (χ1v) is 12.2. The average molecular weight is 566 g/mol. The molecule has 0 saturated heterocycles. The molecule has 1 fully saturated rings. The second-order valence-corrected chi connectivity index (χ2v) is 9.54. The summed E-state index contributed by atoms with van der Waals surface area (Å²) in [5.74, 6) is -3.15. The summed E-state index contributed by atoms with van der Waals surface area (Å²) in [4.78, 5) is 13.1. The van der Waals surface area contributed by atoms with Crippen molar-refractivity contribution < 1.29 is 31.5 Å². The molecule has 4 aromatic rings. The van der Waals surface area contributed by atoms with E-state index in [1.165, 1.54) is 12.1 Å². The number of nitrogens with two attached hydrogens (primary N) is 1. The van der Waals surface area contributed by atoms with Crippen LogP contribution in [0.1, 0.15) is 40.7 Å². The molecule has 0 atom stereocenters. The number of alkyl halides is 3. The second-order valence-electron chi connectivity index (χ2n) is 9.14. The number of benzene rings is 3. The quantitative estimate of drug-likeness (QED) is 0.185. The Morgan fingerprint density at radius 2 is 1.90 bits per heavy atom. The number of carbonyl (C=O) groups excluding carboxylic acids is 1. The highest BCUT2D eigenvalue weighted by Gasteiger charge is 2.32. The van der Waals surface area contributed by atoms with E-state index in [1.54, 1.807) is 0 Å². The fourth-order valence-electron chi connectivity index (χ4n) is 4.21. The van der Waals surface area contributed by atoms with Crippen LogP contribution in [0.25, 0.3) is 10.9 Å². The summed E-state index contributed by atoms with van der Waals surface area (Å²) in [5.41, 5.74) is 5.28. The van der Waals surface area contributed by atoms with Gasteiger partial charge in [-0.25, -0.2) is 8.78 Å². The van der Waals surface area contributed by atoms with Crippen molar-refractivity contribution in [3.63, 3.8) is 0 Å². The van der Waals surface area contributed by atoms with Gasteiger partial charge in [-0.1, -0.05) is 18.0 Å². The zero-order chi connectivity index (χ0) is 27.9. The van der Waals surface area contributed by atoms with Gasteiger partial charge in [0.25, 0.3) is 5.91 Å². The largest absolute Gasteiger partial charge is 0.453 e. The van der Waals surface area contributed by atoms with Crippen LogP contribution in [0.15, 0.2) is 42.5 Å². The summed E-state index contributed by atoms with van der Waals surface area (Å²) in [6.07, 6.45) is -1.78. The van der Waals surface area contributed by atoms with E-state index in [0.29, 0.717) is 41.9 Å². The van der Waals surface area contributed by atoms with E-state index in [2.05, 4.69) is 20.8 Å². The fraction of sp³-hybridized carbons (Fsp3) is 0.231. The van der Waals surface area contributed by atoms with Crippen LogP contribution < -0.4 is 21.1 Å². The molecule has 13 heteroatoms. The lowest BCUT2D eigenvalue weighted by Gasteiger charge is -2.27. The van der Waals surface area contributed by atoms with Gasteiger partial charge in [0, 0.05) is 24.2 Å². The normalized spacial score (nSPS) is 13.9. The molecule has 0 unspecified atom stereocenters. The molecule has 0 radical (unpaired) electrons. The number of nitrogen functional groups attached to an aromatic ring is 1. The minimum Gasteiger partial charge on any atom is -0.453 e. The summed E-state index contributed by atoms with van der Waals surface area (Å²) in [7, 11) is 0. The number of nitrogens with one attached hydrogen (secondary N) is 3. The maximum absolute atomic E-state index is 14.0. The lowest BCUT2D eigenvalue weighted by Crippen LogP contribution is -2.34. The number of fused-ring (bicyclic) bond motifs is 1. The number of nitrogens with zero attached hydrogens (tertiary/aromatic N) is 1. The molecule has 1 heterocycles. The third-order valence-electron chi connectivity index (χ3n) is 6.43. The molecule has 1 amide bonds. The predicted octanol–water partition coefficient (Wildman–Crippen LogP) is 6.78. The smallest absolute Gasteiger partial charge is 0.416 e. The lowest BCUT2D eigenvalue weighted by molar-refractivity contribution is -0.137. The van der Waals surface area contributed by atoms with Crippen molar-refractivity contribution in [1.29, 1.82) is 0 Å². The molecule has 1 saturated carbocycles. The Kier molecular flexibility index (Phi) is 7.08. The Labute approximate surface area is 223 Å². The van der Waals surface area contributed by atoms with Gasteiger partial charge in [-0.05, 0) is 54.8 Å². The molecule has 0 aliphatic heterocycles. The van der Waals surface area contributed by atoms with E-state index in [1.807, 2.05) is 0 Å². The zero-order valence-electron chi connectivity index (χ0n) is 20.1. The molecular weight excluding hydrogens is 545 g/mol. The van der Waals surface area contributed by atoms with Crippen LogP contribution in [-0.4, -0.2) is 22.1 Å². The molecule has 3 aromatic carbocycles. The highest BCUT2D eigenvalue weighted by Crippen LogP contribution is 2.43. The van der Waals surface area contributed by atoms with Crippen LogP contribution in [-0.2, 0) is 12.7 Å². The van der Waals surface area contributed by atoms with Gasteiger partial charge in [-0.15, -0.1) is 0 Å². The van der Waals surface area contributed by atoms with Crippen molar-refractivity contribution in [2.75, 3.05) is 11.1 Å². The Morgan fingerprint density at radius 1 is 1.13 bits per heavy atom. The Balaban J connectivity index is 1.60. The van der Waals surface area contributed by atoms with Crippen LogP contribution in [0.4, 0.5) is 33.5 Å². The first kappa shape index (κ1) is 26.7. The zero-order valence-corrected chi connectivity index (χ0v) is 20.8. The number of ether oxygens (including phenoxy) is 1. The number of hydrogen-bond donors (Lipinski definition) is 4. The first-order chi connectivity index (χ1) is 18.5. The van der Waals surface area contributed by atoms with E-state index >= 15 is 0 Å². The van der Waals surface area contributed by atoms with Gasteiger partial charge < -0.3 is 21.1 Å². The molecule has 5 N–H and O–H groups in total. The highest BCUT2D eigenvalue weighted by atomic mass is 35.5. The molecule has 7 nitrogen and oxygen atoms in total. The Bertz CT molecular complexity index is 1570.